The Labute approximate surface area is 202 Å². The van der Waals surface area contributed by atoms with Gasteiger partial charge in [-0.25, -0.2) is 9.59 Å². The molecule has 1 atom stereocenters. The van der Waals surface area contributed by atoms with Crippen molar-refractivity contribution in [2.45, 2.75) is 84.4 Å². The van der Waals surface area contributed by atoms with Crippen LogP contribution in [0.5, 0.6) is 0 Å². The van der Waals surface area contributed by atoms with Gasteiger partial charge >= 0.3 is 11.9 Å². The molecular formula is C26H50N2O5+2. The van der Waals surface area contributed by atoms with E-state index < -0.39 is 5.72 Å². The van der Waals surface area contributed by atoms with Gasteiger partial charge in [0.1, 0.15) is 5.54 Å². The Morgan fingerprint density at radius 1 is 0.939 bits per heavy atom. The zero-order chi connectivity index (χ0) is 25.9. The molecule has 0 heterocycles. The summed E-state index contributed by atoms with van der Waals surface area (Å²) >= 11 is 0. The molecule has 0 aliphatic carbocycles. The van der Waals surface area contributed by atoms with E-state index in [1.54, 1.807) is 6.92 Å². The Morgan fingerprint density at radius 2 is 1.48 bits per heavy atom. The maximum absolute atomic E-state index is 11.7. The van der Waals surface area contributed by atoms with Crippen molar-refractivity contribution in [3.63, 3.8) is 0 Å². The standard InChI is InChI=1S/C26H50N2O5/c1-12-23(29)31-20-16-18-25(7,13-2)28(10,11)33-26(14-3,15-4)27(8,9)19-17-21-32-24(30)22(5)6/h12H,1,5,13-21H2,2-4,6-11H3/q+2. The zero-order valence-electron chi connectivity index (χ0n) is 22.8. The highest BCUT2D eigenvalue weighted by atomic mass is 16.7. The van der Waals surface area contributed by atoms with Gasteiger partial charge < -0.3 is 9.47 Å². The summed E-state index contributed by atoms with van der Waals surface area (Å²) in [7, 11) is 8.61. The average Bonchev–Trinajstić information content (AvgIpc) is 2.76. The van der Waals surface area contributed by atoms with E-state index in [0.717, 1.165) is 45.1 Å². The topological polar surface area (TPSA) is 61.8 Å². The number of hydroxylamine groups is 3. The normalized spacial score (nSPS) is 14.3. The molecule has 0 bridgehead atoms. The smallest absolute Gasteiger partial charge is 0.333 e. The lowest BCUT2D eigenvalue weighted by molar-refractivity contribution is -1.17. The molecule has 33 heavy (non-hydrogen) atoms. The first-order valence-corrected chi connectivity index (χ1v) is 12.2. The molecular weight excluding hydrogens is 420 g/mol. The maximum atomic E-state index is 11.7. The Hall–Kier alpha value is -1.70. The Morgan fingerprint density at radius 3 is 1.94 bits per heavy atom. The van der Waals surface area contributed by atoms with Crippen molar-refractivity contribution in [3.8, 4) is 0 Å². The van der Waals surface area contributed by atoms with Crippen LogP contribution in [0.1, 0.15) is 73.1 Å². The number of quaternary nitrogens is 2. The summed E-state index contributed by atoms with van der Waals surface area (Å²) in [6.07, 6.45) is 6.16. The van der Waals surface area contributed by atoms with Crippen molar-refractivity contribution < 1.29 is 33.0 Å². The highest BCUT2D eigenvalue weighted by Gasteiger charge is 2.53. The second kappa shape index (κ2) is 13.3. The summed E-state index contributed by atoms with van der Waals surface area (Å²) in [6.45, 7) is 19.0. The average molecular weight is 471 g/mol. The van der Waals surface area contributed by atoms with Crippen molar-refractivity contribution in [3.05, 3.63) is 24.8 Å². The number of esters is 2. The summed E-state index contributed by atoms with van der Waals surface area (Å²) in [5, 5.41) is 0. The van der Waals surface area contributed by atoms with Gasteiger partial charge in [-0.05, 0) is 20.3 Å². The largest absolute Gasteiger partial charge is 0.463 e. The molecule has 0 saturated carbocycles. The number of carbonyl (C=O) groups is 2. The van der Waals surface area contributed by atoms with Crippen LogP contribution in [0.25, 0.3) is 0 Å². The minimum absolute atomic E-state index is 0.160. The molecule has 7 heteroatoms. The van der Waals surface area contributed by atoms with Gasteiger partial charge in [-0.15, -0.1) is 4.84 Å². The molecule has 0 aromatic carbocycles. The van der Waals surface area contributed by atoms with Crippen LogP contribution in [0.3, 0.4) is 0 Å². The maximum Gasteiger partial charge on any atom is 0.333 e. The van der Waals surface area contributed by atoms with Crippen LogP contribution in [0.2, 0.25) is 0 Å². The molecule has 0 amide bonds. The highest BCUT2D eigenvalue weighted by Crippen LogP contribution is 2.39. The lowest BCUT2D eigenvalue weighted by atomic mass is 9.90. The number of nitrogens with zero attached hydrogens (tertiary/aromatic N) is 2. The molecule has 0 aromatic heterocycles. The molecule has 0 spiro atoms. The zero-order valence-corrected chi connectivity index (χ0v) is 22.8. The van der Waals surface area contributed by atoms with E-state index in [9.17, 15) is 9.59 Å². The molecule has 0 aromatic rings. The minimum Gasteiger partial charge on any atom is -0.463 e. The van der Waals surface area contributed by atoms with Crippen LogP contribution in [0, 0.1) is 0 Å². The third-order valence-electron chi connectivity index (χ3n) is 7.38. The second-order valence-electron chi connectivity index (χ2n) is 10.1. The van der Waals surface area contributed by atoms with Crippen LogP contribution in [-0.4, -0.2) is 80.3 Å². The van der Waals surface area contributed by atoms with Crippen molar-refractivity contribution in [2.24, 2.45) is 0 Å². The molecule has 0 aliphatic rings. The van der Waals surface area contributed by atoms with Crippen LogP contribution < -0.4 is 0 Å². The first kappa shape index (κ1) is 31.3. The highest BCUT2D eigenvalue weighted by molar-refractivity contribution is 5.86. The van der Waals surface area contributed by atoms with E-state index in [4.69, 9.17) is 14.3 Å². The summed E-state index contributed by atoms with van der Waals surface area (Å²) in [4.78, 5) is 30.1. The monoisotopic (exact) mass is 470 g/mol. The van der Waals surface area contributed by atoms with Crippen LogP contribution in [-0.2, 0) is 23.9 Å². The molecule has 0 saturated heterocycles. The van der Waals surface area contributed by atoms with Crippen molar-refractivity contribution in [1.82, 2.24) is 0 Å². The van der Waals surface area contributed by atoms with Crippen molar-refractivity contribution >= 4 is 11.9 Å². The summed E-state index contributed by atoms with van der Waals surface area (Å²) < 4.78 is 11.5. The van der Waals surface area contributed by atoms with Gasteiger partial charge in [0.05, 0.1) is 47.9 Å². The molecule has 0 radical (unpaired) electrons. The predicted octanol–water partition coefficient (Wildman–Crippen LogP) is 4.77. The van der Waals surface area contributed by atoms with Crippen molar-refractivity contribution in [1.29, 1.82) is 0 Å². The number of hydrogen-bond donors (Lipinski definition) is 0. The van der Waals surface area contributed by atoms with E-state index in [2.05, 4.69) is 69.0 Å². The first-order chi connectivity index (χ1) is 15.2. The van der Waals surface area contributed by atoms with Gasteiger partial charge in [-0.1, -0.05) is 33.9 Å². The van der Waals surface area contributed by atoms with E-state index in [1.807, 2.05) is 0 Å². The summed E-state index contributed by atoms with van der Waals surface area (Å²) in [6, 6.07) is 0. The molecule has 0 fully saturated rings. The Bertz CT molecular complexity index is 668. The number of hydrogen-bond acceptors (Lipinski definition) is 5. The summed E-state index contributed by atoms with van der Waals surface area (Å²) in [5.41, 5.74) is -0.151. The number of carbonyl (C=O) groups excluding carboxylic acids is 2. The van der Waals surface area contributed by atoms with Gasteiger partial charge in [0, 0.05) is 43.8 Å². The fourth-order valence-corrected chi connectivity index (χ4v) is 4.34. The number of ether oxygens (including phenoxy) is 2. The Kier molecular flexibility index (Phi) is 12.6. The van der Waals surface area contributed by atoms with Crippen molar-refractivity contribution in [2.75, 3.05) is 47.9 Å². The van der Waals surface area contributed by atoms with Crippen LogP contribution in [0.4, 0.5) is 0 Å². The SMILES string of the molecule is C=CC(=O)OCCCC(C)(CC)[N+](C)(C)OC(CC)(CC)[N+](C)(C)CCCOC(=O)C(=C)C. The van der Waals surface area contributed by atoms with Crippen LogP contribution in [0.15, 0.2) is 24.8 Å². The van der Waals surface area contributed by atoms with Gasteiger partial charge in [0.25, 0.3) is 5.72 Å². The number of rotatable bonds is 17. The molecule has 0 aliphatic heterocycles. The molecule has 7 nitrogen and oxygen atoms in total. The van der Waals surface area contributed by atoms with Gasteiger partial charge in [0.15, 0.2) is 0 Å². The lowest BCUT2D eigenvalue weighted by Crippen LogP contribution is -2.69. The fraction of sp³-hybridized carbons (Fsp3) is 0.769. The molecule has 192 valence electrons. The first-order valence-electron chi connectivity index (χ1n) is 12.2. The van der Waals surface area contributed by atoms with E-state index in [0.29, 0.717) is 27.9 Å². The van der Waals surface area contributed by atoms with E-state index in [1.165, 1.54) is 6.08 Å². The third-order valence-corrected chi connectivity index (χ3v) is 7.38. The van der Waals surface area contributed by atoms with E-state index >= 15 is 0 Å². The lowest BCUT2D eigenvalue weighted by Gasteiger charge is -2.53. The second-order valence-corrected chi connectivity index (χ2v) is 10.1. The van der Waals surface area contributed by atoms with Crippen LogP contribution >= 0.6 is 0 Å². The predicted molar refractivity (Wildman–Crippen MR) is 133 cm³/mol. The quantitative estimate of drug-likeness (QED) is 0.0765. The third kappa shape index (κ3) is 8.54. The fourth-order valence-electron chi connectivity index (χ4n) is 4.34. The molecule has 1 unspecified atom stereocenters. The molecule has 0 N–H and O–H groups in total. The minimum atomic E-state index is -0.409. The van der Waals surface area contributed by atoms with Gasteiger partial charge in [0.2, 0.25) is 0 Å². The summed E-state index contributed by atoms with van der Waals surface area (Å²) in [5.74, 6) is -0.730. The van der Waals surface area contributed by atoms with Gasteiger partial charge in [-0.2, -0.15) is 4.65 Å². The molecule has 0 rings (SSSR count). The van der Waals surface area contributed by atoms with Gasteiger partial charge in [-0.3, -0.25) is 4.48 Å². The van der Waals surface area contributed by atoms with E-state index in [-0.39, 0.29) is 17.5 Å². The Balaban J connectivity index is 5.42.